The van der Waals surface area contributed by atoms with Crippen LogP contribution in [-0.2, 0) is 15.9 Å². The van der Waals surface area contributed by atoms with Crippen LogP contribution in [0.15, 0.2) is 42.5 Å². The standard InChI is InChI=1S/C18H23NO4/c20-17(21)19-11-5-10-18(19,14-15-6-2-1-3-7-15)9-4-8-16-22-12-13-23-16/h1-4,6-7,9,16H,5,8,10-14H2,(H,20,21)/t18-/m0/s1. The molecule has 2 aliphatic heterocycles. The summed E-state index contributed by atoms with van der Waals surface area (Å²) in [6, 6.07) is 10.1. The normalized spacial score (nSPS) is 25.5. The van der Waals surface area contributed by atoms with Gasteiger partial charge in [0.1, 0.15) is 0 Å². The predicted octanol–water partition coefficient (Wildman–Crippen LogP) is 3.06. The van der Waals surface area contributed by atoms with E-state index in [4.69, 9.17) is 9.47 Å². The van der Waals surface area contributed by atoms with Crippen LogP contribution in [0.3, 0.4) is 0 Å². The molecule has 1 aromatic carbocycles. The van der Waals surface area contributed by atoms with Crippen molar-refractivity contribution < 1.29 is 19.4 Å². The molecule has 0 radical (unpaired) electrons. The van der Waals surface area contributed by atoms with Crippen molar-refractivity contribution in [2.45, 2.75) is 37.5 Å². The maximum Gasteiger partial charge on any atom is 0.408 e. The Bertz CT molecular complexity index is 553. The zero-order valence-electron chi connectivity index (χ0n) is 13.2. The zero-order valence-corrected chi connectivity index (χ0v) is 13.2. The van der Waals surface area contributed by atoms with Gasteiger partial charge in [0.25, 0.3) is 0 Å². The first-order chi connectivity index (χ1) is 11.2. The smallest absolute Gasteiger partial charge is 0.408 e. The van der Waals surface area contributed by atoms with Crippen molar-refractivity contribution >= 4 is 6.09 Å². The summed E-state index contributed by atoms with van der Waals surface area (Å²) in [5.74, 6) is 0. The fourth-order valence-electron chi connectivity index (χ4n) is 3.49. The van der Waals surface area contributed by atoms with Gasteiger partial charge in [-0.25, -0.2) is 4.79 Å². The van der Waals surface area contributed by atoms with Gasteiger partial charge in [-0.15, -0.1) is 0 Å². The summed E-state index contributed by atoms with van der Waals surface area (Å²) in [4.78, 5) is 13.2. The number of ether oxygens (including phenoxy) is 2. The van der Waals surface area contributed by atoms with Gasteiger partial charge in [-0.3, -0.25) is 4.90 Å². The van der Waals surface area contributed by atoms with Crippen LogP contribution in [0.2, 0.25) is 0 Å². The van der Waals surface area contributed by atoms with Crippen LogP contribution in [0.4, 0.5) is 4.79 Å². The number of hydrogen-bond acceptors (Lipinski definition) is 3. The van der Waals surface area contributed by atoms with E-state index in [2.05, 4.69) is 12.1 Å². The molecule has 23 heavy (non-hydrogen) atoms. The largest absolute Gasteiger partial charge is 0.465 e. The van der Waals surface area contributed by atoms with Crippen LogP contribution in [0.25, 0.3) is 0 Å². The molecule has 2 fully saturated rings. The van der Waals surface area contributed by atoms with E-state index in [1.165, 1.54) is 0 Å². The fourth-order valence-corrected chi connectivity index (χ4v) is 3.49. The van der Waals surface area contributed by atoms with Crippen molar-refractivity contribution in [3.8, 4) is 0 Å². The Balaban J connectivity index is 1.77. The minimum absolute atomic E-state index is 0.195. The van der Waals surface area contributed by atoms with E-state index in [1.807, 2.05) is 30.4 Å². The van der Waals surface area contributed by atoms with Crippen molar-refractivity contribution in [1.29, 1.82) is 0 Å². The number of hydrogen-bond donors (Lipinski definition) is 1. The van der Waals surface area contributed by atoms with Gasteiger partial charge in [0.2, 0.25) is 0 Å². The Morgan fingerprint density at radius 1 is 1.30 bits per heavy atom. The summed E-state index contributed by atoms with van der Waals surface area (Å²) >= 11 is 0. The summed E-state index contributed by atoms with van der Waals surface area (Å²) in [5.41, 5.74) is 0.685. The van der Waals surface area contributed by atoms with Crippen molar-refractivity contribution in [1.82, 2.24) is 4.90 Å². The van der Waals surface area contributed by atoms with Crippen LogP contribution in [0, 0.1) is 0 Å². The molecule has 0 aliphatic carbocycles. The average molecular weight is 317 g/mol. The van der Waals surface area contributed by atoms with Crippen LogP contribution < -0.4 is 0 Å². The first kappa shape index (κ1) is 16.0. The van der Waals surface area contributed by atoms with Gasteiger partial charge in [-0.2, -0.15) is 0 Å². The minimum Gasteiger partial charge on any atom is -0.465 e. The van der Waals surface area contributed by atoms with Gasteiger partial charge >= 0.3 is 6.09 Å². The molecular formula is C18H23NO4. The minimum atomic E-state index is -0.851. The Morgan fingerprint density at radius 2 is 2.04 bits per heavy atom. The second-order valence-corrected chi connectivity index (χ2v) is 6.11. The van der Waals surface area contributed by atoms with E-state index in [0.29, 0.717) is 32.6 Å². The molecule has 5 heteroatoms. The van der Waals surface area contributed by atoms with Gasteiger partial charge < -0.3 is 14.6 Å². The fraction of sp³-hybridized carbons (Fsp3) is 0.500. The molecule has 0 bridgehead atoms. The van der Waals surface area contributed by atoms with Crippen LogP contribution in [0.5, 0.6) is 0 Å². The highest BCUT2D eigenvalue weighted by Crippen LogP contribution is 2.34. The quantitative estimate of drug-likeness (QED) is 0.848. The maximum absolute atomic E-state index is 11.7. The maximum atomic E-state index is 11.7. The van der Waals surface area contributed by atoms with Gasteiger partial charge in [0.05, 0.1) is 18.8 Å². The lowest BCUT2D eigenvalue weighted by atomic mass is 9.87. The van der Waals surface area contributed by atoms with Gasteiger partial charge in [-0.05, 0) is 24.8 Å². The van der Waals surface area contributed by atoms with Gasteiger partial charge in [0, 0.05) is 13.0 Å². The summed E-state index contributed by atoms with van der Waals surface area (Å²) in [6.45, 7) is 1.85. The van der Waals surface area contributed by atoms with E-state index < -0.39 is 11.6 Å². The van der Waals surface area contributed by atoms with Crippen molar-refractivity contribution in [3.63, 3.8) is 0 Å². The Morgan fingerprint density at radius 3 is 2.74 bits per heavy atom. The van der Waals surface area contributed by atoms with Crippen molar-refractivity contribution in [2.75, 3.05) is 19.8 Å². The number of nitrogens with zero attached hydrogens (tertiary/aromatic N) is 1. The molecule has 0 unspecified atom stereocenters. The first-order valence-electron chi connectivity index (χ1n) is 8.15. The molecule has 0 spiro atoms. The summed E-state index contributed by atoms with van der Waals surface area (Å²) in [7, 11) is 0. The lowest BCUT2D eigenvalue weighted by molar-refractivity contribution is -0.0381. The molecule has 3 rings (SSSR count). The molecule has 2 aliphatic rings. The lowest BCUT2D eigenvalue weighted by Crippen LogP contribution is -2.47. The van der Waals surface area contributed by atoms with Crippen LogP contribution in [-0.4, -0.2) is 47.7 Å². The number of carboxylic acid groups (broad SMARTS) is 1. The molecule has 5 nitrogen and oxygen atoms in total. The van der Waals surface area contributed by atoms with E-state index >= 15 is 0 Å². The Kier molecular flexibility index (Phi) is 4.98. The van der Waals surface area contributed by atoms with E-state index in [1.54, 1.807) is 4.90 Å². The van der Waals surface area contributed by atoms with E-state index in [9.17, 15) is 9.90 Å². The molecule has 2 saturated heterocycles. The molecule has 124 valence electrons. The topological polar surface area (TPSA) is 59.0 Å². The molecule has 1 aromatic rings. The number of amides is 1. The molecule has 0 aromatic heterocycles. The molecule has 1 atom stereocenters. The third kappa shape index (κ3) is 3.74. The molecule has 0 saturated carbocycles. The molecule has 1 N–H and O–H groups in total. The predicted molar refractivity (Wildman–Crippen MR) is 86.3 cm³/mol. The third-order valence-corrected chi connectivity index (χ3v) is 4.56. The van der Waals surface area contributed by atoms with E-state index in [-0.39, 0.29) is 6.29 Å². The number of likely N-dealkylation sites (tertiary alicyclic amines) is 1. The summed E-state index contributed by atoms with van der Waals surface area (Å²) < 4.78 is 10.9. The SMILES string of the molecule is O=C(O)N1CCC[C@@]1(C=CCC1OCCO1)Cc1ccccc1. The second kappa shape index (κ2) is 7.15. The number of benzene rings is 1. The zero-order chi connectivity index (χ0) is 16.1. The Labute approximate surface area is 136 Å². The first-order valence-corrected chi connectivity index (χ1v) is 8.15. The van der Waals surface area contributed by atoms with Gasteiger partial charge in [-0.1, -0.05) is 42.5 Å². The lowest BCUT2D eigenvalue weighted by Gasteiger charge is -2.34. The van der Waals surface area contributed by atoms with Crippen LogP contribution >= 0.6 is 0 Å². The van der Waals surface area contributed by atoms with Gasteiger partial charge in [0.15, 0.2) is 6.29 Å². The number of carbonyl (C=O) groups is 1. The monoisotopic (exact) mass is 317 g/mol. The summed E-state index contributed by atoms with van der Waals surface area (Å²) in [5, 5.41) is 9.58. The van der Waals surface area contributed by atoms with Crippen molar-refractivity contribution in [3.05, 3.63) is 48.0 Å². The highest BCUT2D eigenvalue weighted by Gasteiger charge is 2.41. The Hall–Kier alpha value is -1.85. The second-order valence-electron chi connectivity index (χ2n) is 6.11. The number of rotatable bonds is 5. The molecule has 1 amide bonds. The molecular weight excluding hydrogens is 294 g/mol. The third-order valence-electron chi connectivity index (χ3n) is 4.56. The molecule has 2 heterocycles. The van der Waals surface area contributed by atoms with E-state index in [0.717, 1.165) is 18.4 Å². The van der Waals surface area contributed by atoms with Crippen LogP contribution in [0.1, 0.15) is 24.8 Å². The highest BCUT2D eigenvalue weighted by molar-refractivity contribution is 5.67. The highest BCUT2D eigenvalue weighted by atomic mass is 16.7. The average Bonchev–Trinajstić information content (AvgIpc) is 3.18. The van der Waals surface area contributed by atoms with Crippen molar-refractivity contribution in [2.24, 2.45) is 0 Å². The summed E-state index contributed by atoms with van der Waals surface area (Å²) in [6.07, 6.45) is 6.10.